The Hall–Kier alpha value is -1.88. The lowest BCUT2D eigenvalue weighted by Crippen LogP contribution is -2.40. The number of halogens is 1. The average Bonchev–Trinajstić information content (AvgIpc) is 3.19. The molecule has 0 spiro atoms. The van der Waals surface area contributed by atoms with Gasteiger partial charge in [0, 0.05) is 12.0 Å². The lowest BCUT2D eigenvalue weighted by molar-refractivity contribution is 0.248. The van der Waals surface area contributed by atoms with E-state index >= 15 is 0 Å². The second kappa shape index (κ2) is 6.48. The SMILES string of the molecule is O=C(NCC1(c2ccsc2)CCCC1)Nc1ccccc1F. The van der Waals surface area contributed by atoms with Crippen LogP contribution in [0.2, 0.25) is 0 Å². The molecule has 2 amide bonds. The summed E-state index contributed by atoms with van der Waals surface area (Å²) in [6.07, 6.45) is 4.55. The third-order valence-corrected chi connectivity index (χ3v) is 5.09. The van der Waals surface area contributed by atoms with E-state index in [1.807, 2.05) is 0 Å². The van der Waals surface area contributed by atoms with Gasteiger partial charge in [-0.2, -0.15) is 11.3 Å². The van der Waals surface area contributed by atoms with Crippen molar-refractivity contribution in [3.63, 3.8) is 0 Å². The minimum Gasteiger partial charge on any atom is -0.337 e. The van der Waals surface area contributed by atoms with E-state index in [4.69, 9.17) is 0 Å². The minimum atomic E-state index is -0.425. The first kappa shape index (κ1) is 15.0. The number of anilines is 1. The van der Waals surface area contributed by atoms with Gasteiger partial charge in [0.05, 0.1) is 5.69 Å². The van der Waals surface area contributed by atoms with Crippen molar-refractivity contribution in [1.29, 1.82) is 0 Å². The summed E-state index contributed by atoms with van der Waals surface area (Å²) >= 11 is 1.69. The van der Waals surface area contributed by atoms with E-state index in [-0.39, 0.29) is 17.1 Å². The second-order valence-corrected chi connectivity index (χ2v) is 6.57. The van der Waals surface area contributed by atoms with E-state index < -0.39 is 5.82 Å². The fourth-order valence-corrected chi connectivity index (χ4v) is 3.94. The molecule has 1 aliphatic rings. The highest BCUT2D eigenvalue weighted by molar-refractivity contribution is 7.08. The molecule has 3 rings (SSSR count). The Kier molecular flexibility index (Phi) is 4.43. The van der Waals surface area contributed by atoms with E-state index in [0.29, 0.717) is 6.54 Å². The maximum atomic E-state index is 13.5. The number of carbonyl (C=O) groups is 1. The molecule has 0 radical (unpaired) electrons. The first-order valence-corrected chi connectivity index (χ1v) is 8.46. The molecule has 22 heavy (non-hydrogen) atoms. The van der Waals surface area contributed by atoms with Crippen molar-refractivity contribution in [1.82, 2.24) is 5.32 Å². The van der Waals surface area contributed by atoms with Gasteiger partial charge in [0.2, 0.25) is 0 Å². The van der Waals surface area contributed by atoms with Gasteiger partial charge in [-0.3, -0.25) is 0 Å². The zero-order valence-corrected chi connectivity index (χ0v) is 13.1. The summed E-state index contributed by atoms with van der Waals surface area (Å²) in [5, 5.41) is 9.74. The number of benzene rings is 1. The highest BCUT2D eigenvalue weighted by atomic mass is 32.1. The summed E-state index contributed by atoms with van der Waals surface area (Å²) in [7, 11) is 0. The second-order valence-electron chi connectivity index (χ2n) is 5.79. The molecule has 1 aromatic heterocycles. The molecule has 3 nitrogen and oxygen atoms in total. The molecule has 5 heteroatoms. The number of carbonyl (C=O) groups excluding carboxylic acids is 1. The molecule has 0 aliphatic heterocycles. The lowest BCUT2D eigenvalue weighted by Gasteiger charge is -2.28. The molecule has 1 fully saturated rings. The lowest BCUT2D eigenvalue weighted by atomic mass is 9.80. The van der Waals surface area contributed by atoms with Crippen molar-refractivity contribution in [3.8, 4) is 0 Å². The van der Waals surface area contributed by atoms with Crippen LogP contribution >= 0.6 is 11.3 Å². The van der Waals surface area contributed by atoms with Crippen LogP contribution in [0.3, 0.4) is 0 Å². The summed E-state index contributed by atoms with van der Waals surface area (Å²) in [5.41, 5.74) is 1.55. The van der Waals surface area contributed by atoms with Gasteiger partial charge in [-0.05, 0) is 47.4 Å². The summed E-state index contributed by atoms with van der Waals surface area (Å²) in [6.45, 7) is 0.587. The molecule has 0 saturated heterocycles. The van der Waals surface area contributed by atoms with Crippen LogP contribution in [0.5, 0.6) is 0 Å². The van der Waals surface area contributed by atoms with Crippen molar-refractivity contribution in [2.75, 3.05) is 11.9 Å². The fraction of sp³-hybridized carbons (Fsp3) is 0.353. The van der Waals surface area contributed by atoms with Crippen LogP contribution in [0, 0.1) is 5.82 Å². The Balaban J connectivity index is 1.63. The summed E-state index contributed by atoms with van der Waals surface area (Å²) in [5.74, 6) is -0.425. The first-order valence-electron chi connectivity index (χ1n) is 7.52. The number of hydrogen-bond donors (Lipinski definition) is 2. The number of nitrogens with one attached hydrogen (secondary N) is 2. The molecule has 2 N–H and O–H groups in total. The predicted molar refractivity (Wildman–Crippen MR) is 87.9 cm³/mol. The molecule has 1 aliphatic carbocycles. The maximum absolute atomic E-state index is 13.5. The smallest absolute Gasteiger partial charge is 0.319 e. The van der Waals surface area contributed by atoms with E-state index in [1.165, 1.54) is 24.5 Å². The Bertz CT molecular complexity index is 636. The van der Waals surface area contributed by atoms with E-state index in [9.17, 15) is 9.18 Å². The number of hydrogen-bond acceptors (Lipinski definition) is 2. The standard InChI is InChI=1S/C17H19FN2OS/c18-14-5-1-2-6-15(14)20-16(21)19-12-17(8-3-4-9-17)13-7-10-22-11-13/h1-2,5-7,10-11H,3-4,8-9,12H2,(H2,19,20,21). The Morgan fingerprint density at radius 3 is 2.68 bits per heavy atom. The van der Waals surface area contributed by atoms with Crippen LogP contribution < -0.4 is 10.6 Å². The van der Waals surface area contributed by atoms with Gasteiger partial charge in [-0.25, -0.2) is 9.18 Å². The molecule has 0 unspecified atom stereocenters. The van der Waals surface area contributed by atoms with Gasteiger partial charge in [0.1, 0.15) is 5.82 Å². The van der Waals surface area contributed by atoms with Crippen molar-refractivity contribution in [2.45, 2.75) is 31.1 Å². The quantitative estimate of drug-likeness (QED) is 0.855. The van der Waals surface area contributed by atoms with Gasteiger partial charge in [0.15, 0.2) is 0 Å². The average molecular weight is 318 g/mol. The largest absolute Gasteiger partial charge is 0.337 e. The number of para-hydroxylation sites is 1. The molecular formula is C17H19FN2OS. The fourth-order valence-electron chi connectivity index (χ4n) is 3.16. The van der Waals surface area contributed by atoms with Gasteiger partial charge >= 0.3 is 6.03 Å². The van der Waals surface area contributed by atoms with Crippen LogP contribution in [0.1, 0.15) is 31.2 Å². The van der Waals surface area contributed by atoms with Crippen molar-refractivity contribution >= 4 is 23.1 Å². The van der Waals surface area contributed by atoms with Gasteiger partial charge in [0.25, 0.3) is 0 Å². The van der Waals surface area contributed by atoms with Gasteiger partial charge < -0.3 is 10.6 Å². The van der Waals surface area contributed by atoms with Crippen molar-refractivity contribution in [3.05, 3.63) is 52.5 Å². The maximum Gasteiger partial charge on any atom is 0.319 e. The molecule has 0 atom stereocenters. The summed E-state index contributed by atoms with van der Waals surface area (Å²) in [4.78, 5) is 12.0. The third-order valence-electron chi connectivity index (χ3n) is 4.40. The van der Waals surface area contributed by atoms with Crippen LogP contribution in [-0.4, -0.2) is 12.6 Å². The number of amides is 2. The van der Waals surface area contributed by atoms with E-state index in [0.717, 1.165) is 12.8 Å². The molecular weight excluding hydrogens is 299 g/mol. The van der Waals surface area contributed by atoms with Crippen LogP contribution in [0.15, 0.2) is 41.1 Å². The molecule has 116 valence electrons. The Morgan fingerprint density at radius 1 is 1.23 bits per heavy atom. The normalized spacial score (nSPS) is 16.4. The van der Waals surface area contributed by atoms with Crippen molar-refractivity contribution < 1.29 is 9.18 Å². The molecule has 0 bridgehead atoms. The number of urea groups is 1. The first-order chi connectivity index (χ1) is 10.7. The monoisotopic (exact) mass is 318 g/mol. The minimum absolute atomic E-state index is 0.0343. The third kappa shape index (κ3) is 3.14. The molecule has 2 aromatic rings. The summed E-state index contributed by atoms with van der Waals surface area (Å²) < 4.78 is 13.5. The zero-order valence-electron chi connectivity index (χ0n) is 12.3. The molecule has 1 heterocycles. The predicted octanol–water partition coefficient (Wildman–Crippen LogP) is 4.52. The number of rotatable bonds is 4. The van der Waals surface area contributed by atoms with Gasteiger partial charge in [-0.15, -0.1) is 0 Å². The molecule has 1 saturated carbocycles. The Labute approximate surface area is 133 Å². The van der Waals surface area contributed by atoms with E-state index in [2.05, 4.69) is 27.5 Å². The highest BCUT2D eigenvalue weighted by Crippen LogP contribution is 2.41. The highest BCUT2D eigenvalue weighted by Gasteiger charge is 2.36. The van der Waals surface area contributed by atoms with Crippen LogP contribution in [0.25, 0.3) is 0 Å². The van der Waals surface area contributed by atoms with Crippen molar-refractivity contribution in [2.24, 2.45) is 0 Å². The van der Waals surface area contributed by atoms with E-state index in [1.54, 1.807) is 29.5 Å². The topological polar surface area (TPSA) is 41.1 Å². The van der Waals surface area contributed by atoms with Gasteiger partial charge in [-0.1, -0.05) is 25.0 Å². The molecule has 1 aromatic carbocycles. The van der Waals surface area contributed by atoms with Crippen LogP contribution in [0.4, 0.5) is 14.9 Å². The summed E-state index contributed by atoms with van der Waals surface area (Å²) in [6, 6.07) is 7.97. The number of thiophene rings is 1. The Morgan fingerprint density at radius 2 is 2.00 bits per heavy atom. The zero-order chi connectivity index (χ0) is 15.4. The van der Waals surface area contributed by atoms with Crippen LogP contribution in [-0.2, 0) is 5.41 Å².